The zero-order valence-electron chi connectivity index (χ0n) is 16.8. The molecule has 1 spiro atoms. The number of hydrogen-bond acceptors (Lipinski definition) is 3. The van der Waals surface area contributed by atoms with E-state index in [-0.39, 0.29) is 11.3 Å². The van der Waals surface area contributed by atoms with Gasteiger partial charge in [0.05, 0.1) is 0 Å². The summed E-state index contributed by atoms with van der Waals surface area (Å²) in [6.07, 6.45) is 2.32. The first-order chi connectivity index (χ1) is 14.6. The Bertz CT molecular complexity index is 1140. The Hall–Kier alpha value is -2.34. The molecule has 5 nitrogen and oxygen atoms in total. The number of benzene rings is 2. The van der Waals surface area contributed by atoms with Crippen LogP contribution in [0.4, 0.5) is 5.69 Å². The molecule has 1 unspecified atom stereocenters. The molecule has 2 fully saturated rings. The van der Waals surface area contributed by atoms with E-state index < -0.39 is 0 Å². The minimum atomic E-state index is 0.0319. The van der Waals surface area contributed by atoms with Crippen LogP contribution in [0.3, 0.4) is 0 Å². The Morgan fingerprint density at radius 1 is 1.13 bits per heavy atom. The average Bonchev–Trinajstić information content (AvgIpc) is 3.54. The maximum atomic E-state index is 13.6. The number of carbonyl (C=O) groups excluding carboxylic acids is 1. The number of aromatic amines is 1. The predicted octanol–water partition coefficient (Wildman–Crippen LogP) is 3.79. The Kier molecular flexibility index (Phi) is 4.20. The summed E-state index contributed by atoms with van der Waals surface area (Å²) in [5, 5.41) is 5.14. The SMILES string of the molecule is O=C(c1cc2cc(Cl)ccc2[nH]1)N1C[C@]2(CCN(C3CCNC3)C2)c2ccccc21. The summed E-state index contributed by atoms with van der Waals surface area (Å²) in [4.78, 5) is 21.5. The summed E-state index contributed by atoms with van der Waals surface area (Å²) in [5.74, 6) is 0.0348. The fourth-order valence-corrected chi connectivity index (χ4v) is 5.87. The number of anilines is 1. The third-order valence-corrected chi connectivity index (χ3v) is 7.45. The van der Waals surface area contributed by atoms with Crippen molar-refractivity contribution in [3.63, 3.8) is 0 Å². The second-order valence-corrected chi connectivity index (χ2v) is 9.41. The van der Waals surface area contributed by atoms with Crippen LogP contribution in [0.1, 0.15) is 28.9 Å². The van der Waals surface area contributed by atoms with E-state index in [1.165, 1.54) is 12.0 Å². The van der Waals surface area contributed by atoms with Gasteiger partial charge in [-0.15, -0.1) is 0 Å². The van der Waals surface area contributed by atoms with Crippen molar-refractivity contribution in [3.05, 3.63) is 64.8 Å². The third-order valence-electron chi connectivity index (χ3n) is 7.22. The highest BCUT2D eigenvalue weighted by atomic mass is 35.5. The summed E-state index contributed by atoms with van der Waals surface area (Å²) in [6, 6.07) is 16.7. The summed E-state index contributed by atoms with van der Waals surface area (Å²) >= 11 is 6.13. The van der Waals surface area contributed by atoms with Crippen LogP contribution in [0.25, 0.3) is 10.9 Å². The van der Waals surface area contributed by atoms with Crippen LogP contribution in [0.5, 0.6) is 0 Å². The number of fused-ring (bicyclic) bond motifs is 3. The van der Waals surface area contributed by atoms with Gasteiger partial charge in [-0.1, -0.05) is 29.8 Å². The lowest BCUT2D eigenvalue weighted by molar-refractivity contribution is 0.0980. The predicted molar refractivity (Wildman–Crippen MR) is 121 cm³/mol. The number of nitrogens with zero attached hydrogens (tertiary/aromatic N) is 2. The number of nitrogens with one attached hydrogen (secondary N) is 2. The van der Waals surface area contributed by atoms with E-state index in [2.05, 4.69) is 33.4 Å². The molecule has 2 atom stereocenters. The van der Waals surface area contributed by atoms with Gasteiger partial charge in [-0.05, 0) is 61.8 Å². The number of likely N-dealkylation sites (tertiary alicyclic amines) is 1. The fourth-order valence-electron chi connectivity index (χ4n) is 5.69. The monoisotopic (exact) mass is 420 g/mol. The number of aromatic nitrogens is 1. The van der Waals surface area contributed by atoms with Crippen LogP contribution in [0.2, 0.25) is 5.02 Å². The molecular formula is C24H25ClN4O. The number of para-hydroxylation sites is 1. The molecule has 0 radical (unpaired) electrons. The highest BCUT2D eigenvalue weighted by molar-refractivity contribution is 6.31. The van der Waals surface area contributed by atoms with E-state index in [1.807, 2.05) is 35.2 Å². The molecule has 1 aromatic heterocycles. The molecule has 6 rings (SSSR count). The maximum absolute atomic E-state index is 13.6. The van der Waals surface area contributed by atoms with E-state index in [4.69, 9.17) is 11.6 Å². The zero-order chi connectivity index (χ0) is 20.3. The first-order valence-electron chi connectivity index (χ1n) is 10.8. The number of rotatable bonds is 2. The molecule has 0 saturated carbocycles. The van der Waals surface area contributed by atoms with Gasteiger partial charge in [0.15, 0.2) is 0 Å². The van der Waals surface area contributed by atoms with Crippen LogP contribution in [0, 0.1) is 0 Å². The molecule has 1 amide bonds. The smallest absolute Gasteiger partial charge is 0.274 e. The molecule has 2 saturated heterocycles. The van der Waals surface area contributed by atoms with Gasteiger partial charge in [-0.3, -0.25) is 9.69 Å². The standard InChI is InChI=1S/C24H25ClN4O/c25-17-5-6-20-16(11-17)12-21(27-20)23(30)29-15-24(19-3-1-2-4-22(19)29)8-10-28(14-24)18-7-9-26-13-18/h1-6,11-12,18,26-27H,7-10,13-15H2/t18?,24-/m1/s1. The van der Waals surface area contributed by atoms with E-state index >= 15 is 0 Å². The number of carbonyl (C=O) groups is 1. The molecule has 0 bridgehead atoms. The highest BCUT2D eigenvalue weighted by Gasteiger charge is 2.50. The Balaban J connectivity index is 1.34. The fraction of sp³-hybridized carbons (Fsp3) is 0.375. The molecule has 2 N–H and O–H groups in total. The normalized spacial score (nSPS) is 26.2. The van der Waals surface area contributed by atoms with Crippen LogP contribution in [0.15, 0.2) is 48.5 Å². The molecule has 154 valence electrons. The lowest BCUT2D eigenvalue weighted by atomic mass is 9.81. The second kappa shape index (κ2) is 6.84. The van der Waals surface area contributed by atoms with Crippen molar-refractivity contribution in [2.24, 2.45) is 0 Å². The van der Waals surface area contributed by atoms with Gasteiger partial charge in [-0.2, -0.15) is 0 Å². The molecule has 3 aromatic rings. The van der Waals surface area contributed by atoms with Gasteiger partial charge in [-0.25, -0.2) is 0 Å². The molecule has 0 aliphatic carbocycles. The number of amides is 1. The van der Waals surface area contributed by atoms with Crippen molar-refractivity contribution < 1.29 is 4.79 Å². The highest BCUT2D eigenvalue weighted by Crippen LogP contribution is 2.47. The number of hydrogen-bond donors (Lipinski definition) is 2. The number of H-pyrrole nitrogens is 1. The molecule has 4 heterocycles. The Morgan fingerprint density at radius 3 is 2.90 bits per heavy atom. The Morgan fingerprint density at radius 2 is 2.03 bits per heavy atom. The zero-order valence-corrected chi connectivity index (χ0v) is 17.6. The van der Waals surface area contributed by atoms with E-state index in [0.29, 0.717) is 16.8 Å². The van der Waals surface area contributed by atoms with Crippen molar-refractivity contribution in [1.82, 2.24) is 15.2 Å². The lowest BCUT2D eigenvalue weighted by Gasteiger charge is -2.28. The van der Waals surface area contributed by atoms with Crippen molar-refractivity contribution >= 4 is 34.1 Å². The van der Waals surface area contributed by atoms with E-state index in [1.54, 1.807) is 0 Å². The quantitative estimate of drug-likeness (QED) is 0.663. The van der Waals surface area contributed by atoms with Crippen molar-refractivity contribution in [3.8, 4) is 0 Å². The van der Waals surface area contributed by atoms with Crippen molar-refractivity contribution in [2.75, 3.05) is 37.6 Å². The number of halogens is 1. The summed E-state index contributed by atoms with van der Waals surface area (Å²) in [7, 11) is 0. The first-order valence-corrected chi connectivity index (χ1v) is 11.2. The van der Waals surface area contributed by atoms with Crippen LogP contribution < -0.4 is 10.2 Å². The molecule has 30 heavy (non-hydrogen) atoms. The average molecular weight is 421 g/mol. The summed E-state index contributed by atoms with van der Waals surface area (Å²) < 4.78 is 0. The van der Waals surface area contributed by atoms with Gasteiger partial charge in [0.1, 0.15) is 5.69 Å². The second-order valence-electron chi connectivity index (χ2n) is 8.97. The van der Waals surface area contributed by atoms with Gasteiger partial charge >= 0.3 is 0 Å². The van der Waals surface area contributed by atoms with E-state index in [0.717, 1.165) is 55.7 Å². The first kappa shape index (κ1) is 18.4. The van der Waals surface area contributed by atoms with Gasteiger partial charge in [0, 0.05) is 52.7 Å². The molecule has 3 aliphatic rings. The minimum absolute atomic E-state index is 0.0319. The lowest BCUT2D eigenvalue weighted by Crippen LogP contribution is -2.41. The molecule has 2 aromatic carbocycles. The van der Waals surface area contributed by atoms with E-state index in [9.17, 15) is 4.79 Å². The Labute approximate surface area is 181 Å². The van der Waals surface area contributed by atoms with Crippen LogP contribution in [-0.2, 0) is 5.41 Å². The van der Waals surface area contributed by atoms with Gasteiger partial charge in [0.2, 0.25) is 0 Å². The molecule has 3 aliphatic heterocycles. The van der Waals surface area contributed by atoms with Gasteiger partial charge in [0.25, 0.3) is 5.91 Å². The van der Waals surface area contributed by atoms with Crippen molar-refractivity contribution in [1.29, 1.82) is 0 Å². The topological polar surface area (TPSA) is 51.4 Å². The maximum Gasteiger partial charge on any atom is 0.274 e. The summed E-state index contributed by atoms with van der Waals surface area (Å²) in [5.41, 5.74) is 3.97. The third kappa shape index (κ3) is 2.80. The largest absolute Gasteiger partial charge is 0.351 e. The van der Waals surface area contributed by atoms with Crippen LogP contribution >= 0.6 is 11.6 Å². The summed E-state index contributed by atoms with van der Waals surface area (Å²) in [6.45, 7) is 5.08. The minimum Gasteiger partial charge on any atom is -0.351 e. The van der Waals surface area contributed by atoms with Crippen molar-refractivity contribution in [2.45, 2.75) is 24.3 Å². The van der Waals surface area contributed by atoms with Crippen LogP contribution in [-0.4, -0.2) is 54.6 Å². The van der Waals surface area contributed by atoms with Gasteiger partial charge < -0.3 is 15.2 Å². The molecule has 6 heteroatoms. The molecular weight excluding hydrogens is 396 g/mol.